The number of carbonyl (C=O) groups is 1. The van der Waals surface area contributed by atoms with Crippen LogP contribution in [-0.2, 0) is 4.79 Å². The van der Waals surface area contributed by atoms with Gasteiger partial charge in [0.1, 0.15) is 6.04 Å². The van der Waals surface area contributed by atoms with Crippen LogP contribution >= 0.6 is 0 Å². The molecule has 0 fully saturated rings. The van der Waals surface area contributed by atoms with Gasteiger partial charge in [-0.25, -0.2) is 4.79 Å². The number of hydrogen-bond acceptors (Lipinski definition) is 2. The fourth-order valence-corrected chi connectivity index (χ4v) is 3.50. The number of hydrogen-bond donors (Lipinski definition) is 1. The fourth-order valence-electron chi connectivity index (χ4n) is 3.50. The second-order valence-corrected chi connectivity index (χ2v) is 6.31. The first-order valence-electron chi connectivity index (χ1n) is 6.87. The van der Waals surface area contributed by atoms with Gasteiger partial charge >= 0.3 is 5.97 Å². The first-order valence-corrected chi connectivity index (χ1v) is 6.87. The van der Waals surface area contributed by atoms with Gasteiger partial charge in [-0.2, -0.15) is 0 Å². The maximum absolute atomic E-state index is 11.4. The molecule has 0 saturated carbocycles. The van der Waals surface area contributed by atoms with E-state index >= 15 is 0 Å². The summed E-state index contributed by atoms with van der Waals surface area (Å²) in [6.07, 6.45) is 0.973. The standard InChI is InChI=1S/C16H23NO2/c1-10-7-6-8-13-11(2)9-16(4,5)17(14(10)13)12(3)15(18)19/h6-8,11-12H,9H2,1-5H3,(H,18,19)/t11-,12+/m0/s1. The van der Waals surface area contributed by atoms with E-state index in [1.54, 1.807) is 6.92 Å². The molecule has 0 aromatic heterocycles. The average Bonchev–Trinajstić information content (AvgIpc) is 2.29. The minimum atomic E-state index is -0.767. The van der Waals surface area contributed by atoms with Crippen LogP contribution in [0.5, 0.6) is 0 Å². The Bertz CT molecular complexity index is 507. The molecule has 104 valence electrons. The predicted octanol–water partition coefficient (Wildman–Crippen LogP) is 3.56. The fraction of sp³-hybridized carbons (Fsp3) is 0.562. The van der Waals surface area contributed by atoms with Gasteiger partial charge in [0.2, 0.25) is 0 Å². The van der Waals surface area contributed by atoms with E-state index in [2.05, 4.69) is 50.8 Å². The maximum Gasteiger partial charge on any atom is 0.326 e. The lowest BCUT2D eigenvalue weighted by Crippen LogP contribution is -2.55. The molecule has 2 rings (SSSR count). The molecule has 0 aliphatic carbocycles. The van der Waals surface area contributed by atoms with Crippen LogP contribution in [0.3, 0.4) is 0 Å². The van der Waals surface area contributed by atoms with E-state index in [9.17, 15) is 9.90 Å². The molecule has 0 amide bonds. The lowest BCUT2D eigenvalue weighted by Gasteiger charge is -2.50. The van der Waals surface area contributed by atoms with Crippen molar-refractivity contribution >= 4 is 11.7 Å². The third-order valence-corrected chi connectivity index (χ3v) is 4.24. The molecule has 0 unspecified atom stereocenters. The van der Waals surface area contributed by atoms with Gasteiger partial charge in [-0.05, 0) is 51.2 Å². The monoisotopic (exact) mass is 261 g/mol. The van der Waals surface area contributed by atoms with Crippen LogP contribution in [0.15, 0.2) is 18.2 Å². The van der Waals surface area contributed by atoms with Crippen molar-refractivity contribution in [2.75, 3.05) is 4.90 Å². The van der Waals surface area contributed by atoms with Crippen molar-refractivity contribution in [2.24, 2.45) is 0 Å². The molecule has 1 aromatic rings. The maximum atomic E-state index is 11.4. The summed E-state index contributed by atoms with van der Waals surface area (Å²) in [5.74, 6) is -0.307. The van der Waals surface area contributed by atoms with Crippen molar-refractivity contribution in [1.82, 2.24) is 0 Å². The molecule has 0 radical (unpaired) electrons. The topological polar surface area (TPSA) is 40.5 Å². The molecule has 1 aliphatic rings. The van der Waals surface area contributed by atoms with E-state index in [0.29, 0.717) is 5.92 Å². The summed E-state index contributed by atoms with van der Waals surface area (Å²) < 4.78 is 0. The Morgan fingerprint density at radius 3 is 2.68 bits per heavy atom. The minimum Gasteiger partial charge on any atom is -0.480 e. The van der Waals surface area contributed by atoms with E-state index in [1.807, 2.05) is 0 Å². The van der Waals surface area contributed by atoms with Crippen molar-refractivity contribution in [3.05, 3.63) is 29.3 Å². The second-order valence-electron chi connectivity index (χ2n) is 6.31. The smallest absolute Gasteiger partial charge is 0.326 e. The first-order chi connectivity index (χ1) is 8.75. The second kappa shape index (κ2) is 4.55. The highest BCUT2D eigenvalue weighted by Gasteiger charge is 2.41. The van der Waals surface area contributed by atoms with E-state index in [0.717, 1.165) is 17.7 Å². The highest BCUT2D eigenvalue weighted by atomic mass is 16.4. The van der Waals surface area contributed by atoms with Crippen LogP contribution in [0.1, 0.15) is 51.2 Å². The number of rotatable bonds is 2. The number of benzene rings is 1. The van der Waals surface area contributed by atoms with E-state index in [-0.39, 0.29) is 5.54 Å². The Morgan fingerprint density at radius 1 is 1.47 bits per heavy atom. The molecule has 1 N–H and O–H groups in total. The highest BCUT2D eigenvalue weighted by Crippen LogP contribution is 2.45. The number of carboxylic acid groups (broad SMARTS) is 1. The molecule has 19 heavy (non-hydrogen) atoms. The van der Waals surface area contributed by atoms with Gasteiger partial charge in [0.15, 0.2) is 0 Å². The lowest BCUT2D eigenvalue weighted by molar-refractivity contribution is -0.138. The summed E-state index contributed by atoms with van der Waals surface area (Å²) in [4.78, 5) is 13.5. The Morgan fingerprint density at radius 2 is 2.11 bits per heavy atom. The zero-order valence-corrected chi connectivity index (χ0v) is 12.4. The molecule has 3 heteroatoms. The molecular formula is C16H23NO2. The van der Waals surface area contributed by atoms with Gasteiger partial charge in [-0.15, -0.1) is 0 Å². The van der Waals surface area contributed by atoms with Gasteiger partial charge in [-0.3, -0.25) is 0 Å². The van der Waals surface area contributed by atoms with Crippen LogP contribution in [0.25, 0.3) is 0 Å². The molecule has 0 bridgehead atoms. The van der Waals surface area contributed by atoms with Gasteiger partial charge in [0.05, 0.1) is 0 Å². The van der Waals surface area contributed by atoms with Crippen LogP contribution in [0.2, 0.25) is 0 Å². The molecule has 1 aromatic carbocycles. The first kappa shape index (κ1) is 13.9. The quantitative estimate of drug-likeness (QED) is 0.885. The SMILES string of the molecule is Cc1cccc2c1N([C@H](C)C(=O)O)C(C)(C)C[C@@H]2C. The number of anilines is 1. The zero-order valence-electron chi connectivity index (χ0n) is 12.4. The average molecular weight is 261 g/mol. The number of fused-ring (bicyclic) bond motifs is 1. The summed E-state index contributed by atoms with van der Waals surface area (Å²) in [6.45, 7) is 10.3. The highest BCUT2D eigenvalue weighted by molar-refractivity contribution is 5.80. The summed E-state index contributed by atoms with van der Waals surface area (Å²) in [6, 6.07) is 5.74. The van der Waals surface area contributed by atoms with E-state index in [1.165, 1.54) is 5.56 Å². The van der Waals surface area contributed by atoms with Crippen molar-refractivity contribution in [3.63, 3.8) is 0 Å². The van der Waals surface area contributed by atoms with Gasteiger partial charge in [0.25, 0.3) is 0 Å². The minimum absolute atomic E-state index is 0.143. The lowest BCUT2D eigenvalue weighted by atomic mass is 9.78. The van der Waals surface area contributed by atoms with Crippen LogP contribution in [-0.4, -0.2) is 22.7 Å². The van der Waals surface area contributed by atoms with Gasteiger partial charge < -0.3 is 10.0 Å². The summed E-state index contributed by atoms with van der Waals surface area (Å²) in [5.41, 5.74) is 3.40. The Kier molecular flexibility index (Phi) is 3.33. The molecule has 1 heterocycles. The number of aliphatic carboxylic acids is 1. The predicted molar refractivity (Wildman–Crippen MR) is 77.9 cm³/mol. The Balaban J connectivity index is 2.64. The number of nitrogens with zero attached hydrogens (tertiary/aromatic N) is 1. The molecule has 3 nitrogen and oxygen atoms in total. The Labute approximate surface area is 115 Å². The summed E-state index contributed by atoms with van der Waals surface area (Å²) in [7, 11) is 0. The number of para-hydroxylation sites is 1. The van der Waals surface area contributed by atoms with Crippen molar-refractivity contribution in [1.29, 1.82) is 0 Å². The van der Waals surface area contributed by atoms with E-state index in [4.69, 9.17) is 0 Å². The third kappa shape index (κ3) is 2.22. The van der Waals surface area contributed by atoms with Gasteiger partial charge in [-0.1, -0.05) is 25.1 Å². The molecule has 1 aliphatic heterocycles. The molecule has 0 saturated heterocycles. The summed E-state index contributed by atoms with van der Waals surface area (Å²) >= 11 is 0. The van der Waals surface area contributed by atoms with Crippen molar-refractivity contribution in [3.8, 4) is 0 Å². The van der Waals surface area contributed by atoms with Crippen LogP contribution < -0.4 is 4.90 Å². The number of aryl methyl sites for hydroxylation is 1. The zero-order chi connectivity index (χ0) is 14.4. The van der Waals surface area contributed by atoms with Crippen LogP contribution in [0.4, 0.5) is 5.69 Å². The normalized spacial score (nSPS) is 22.8. The van der Waals surface area contributed by atoms with Crippen molar-refractivity contribution < 1.29 is 9.90 Å². The molecule has 0 spiro atoms. The summed E-state index contributed by atoms with van der Waals surface area (Å²) in [5, 5.41) is 9.41. The van der Waals surface area contributed by atoms with E-state index < -0.39 is 12.0 Å². The third-order valence-electron chi connectivity index (χ3n) is 4.24. The van der Waals surface area contributed by atoms with Crippen molar-refractivity contribution in [2.45, 2.75) is 58.5 Å². The van der Waals surface area contributed by atoms with Gasteiger partial charge in [0, 0.05) is 11.2 Å². The van der Waals surface area contributed by atoms with Crippen LogP contribution in [0, 0.1) is 6.92 Å². The number of carboxylic acids is 1. The molecule has 2 atom stereocenters. The largest absolute Gasteiger partial charge is 0.480 e. The Hall–Kier alpha value is -1.51. The molecular weight excluding hydrogens is 238 g/mol.